The molecule has 0 amide bonds. The van der Waals surface area contributed by atoms with Crippen LogP contribution in [0.25, 0.3) is 0 Å². The van der Waals surface area contributed by atoms with E-state index in [4.69, 9.17) is 20.2 Å². The lowest BCUT2D eigenvalue weighted by Crippen LogP contribution is -2.36. The number of rotatable bonds is 3. The number of hydrogen-bond acceptors (Lipinski definition) is 4. The predicted octanol–water partition coefficient (Wildman–Crippen LogP) is 1.84. The van der Waals surface area contributed by atoms with Crippen molar-refractivity contribution in [1.29, 1.82) is 0 Å². The fraction of sp³-hybridized carbons (Fsp3) is 0.538. The van der Waals surface area contributed by atoms with Crippen LogP contribution >= 0.6 is 10.7 Å². The van der Waals surface area contributed by atoms with E-state index >= 15 is 0 Å². The summed E-state index contributed by atoms with van der Waals surface area (Å²) < 4.78 is 34.7. The van der Waals surface area contributed by atoms with Gasteiger partial charge < -0.3 is 9.47 Å². The van der Waals surface area contributed by atoms with Crippen LogP contribution in [0.4, 0.5) is 0 Å². The molecular weight excluding hydrogens is 288 g/mol. The Hall–Kier alpha value is -0.780. The molecule has 5 unspecified atom stereocenters. The van der Waals surface area contributed by atoms with E-state index in [1.165, 1.54) is 0 Å². The first-order chi connectivity index (χ1) is 8.94. The SMILES string of the molecule is COC1=CC23C=CC(C(OC)C2C=C1)C3S(=O)(=O)Cl. The summed E-state index contributed by atoms with van der Waals surface area (Å²) >= 11 is 0. The van der Waals surface area contributed by atoms with Crippen LogP contribution in [0.5, 0.6) is 0 Å². The molecule has 19 heavy (non-hydrogen) atoms. The van der Waals surface area contributed by atoms with Gasteiger partial charge in [-0.3, -0.25) is 0 Å². The zero-order valence-corrected chi connectivity index (χ0v) is 12.2. The first kappa shape index (κ1) is 13.2. The summed E-state index contributed by atoms with van der Waals surface area (Å²) in [5.41, 5.74) is -0.647. The monoisotopic (exact) mass is 302 g/mol. The van der Waals surface area contributed by atoms with Gasteiger partial charge in [0.2, 0.25) is 9.05 Å². The Labute approximate surface area is 117 Å². The van der Waals surface area contributed by atoms with Gasteiger partial charge in [0, 0.05) is 35.0 Å². The highest BCUT2D eigenvalue weighted by atomic mass is 35.7. The molecule has 0 aliphatic heterocycles. The van der Waals surface area contributed by atoms with Crippen LogP contribution in [-0.4, -0.2) is 34.0 Å². The molecule has 0 aromatic carbocycles. The van der Waals surface area contributed by atoms with Crippen molar-refractivity contribution < 1.29 is 17.9 Å². The van der Waals surface area contributed by atoms with E-state index in [0.717, 1.165) is 0 Å². The zero-order valence-electron chi connectivity index (χ0n) is 10.6. The molecule has 3 aliphatic rings. The van der Waals surface area contributed by atoms with Gasteiger partial charge in [0.15, 0.2) is 0 Å². The average molecular weight is 303 g/mol. The van der Waals surface area contributed by atoms with Gasteiger partial charge in [-0.15, -0.1) is 0 Å². The normalized spacial score (nSPS) is 43.2. The second kappa shape index (κ2) is 4.11. The third-order valence-electron chi connectivity index (χ3n) is 4.43. The first-order valence-corrected chi connectivity index (χ1v) is 8.42. The molecule has 4 nitrogen and oxygen atoms in total. The van der Waals surface area contributed by atoms with Crippen molar-refractivity contribution in [2.24, 2.45) is 17.3 Å². The lowest BCUT2D eigenvalue weighted by atomic mass is 9.74. The minimum absolute atomic E-state index is 0.0232. The lowest BCUT2D eigenvalue weighted by Gasteiger charge is -2.35. The van der Waals surface area contributed by atoms with Crippen LogP contribution in [0.15, 0.2) is 36.1 Å². The first-order valence-electron chi connectivity index (χ1n) is 6.05. The zero-order chi connectivity index (χ0) is 13.8. The highest BCUT2D eigenvalue weighted by Crippen LogP contribution is 2.60. The van der Waals surface area contributed by atoms with Gasteiger partial charge in [0.25, 0.3) is 0 Å². The number of halogens is 1. The Morgan fingerprint density at radius 3 is 2.63 bits per heavy atom. The topological polar surface area (TPSA) is 52.6 Å². The molecule has 5 atom stereocenters. The van der Waals surface area contributed by atoms with Crippen molar-refractivity contribution in [2.45, 2.75) is 11.4 Å². The van der Waals surface area contributed by atoms with E-state index in [1.54, 1.807) is 14.2 Å². The van der Waals surface area contributed by atoms with E-state index in [1.807, 2.05) is 30.4 Å². The second-order valence-corrected chi connectivity index (χ2v) is 7.92. The minimum atomic E-state index is -3.70. The van der Waals surface area contributed by atoms with Gasteiger partial charge in [-0.05, 0) is 12.2 Å². The molecule has 2 bridgehead atoms. The molecule has 3 aliphatic carbocycles. The molecule has 0 radical (unpaired) electrons. The third-order valence-corrected chi connectivity index (χ3v) is 6.34. The van der Waals surface area contributed by atoms with E-state index < -0.39 is 19.7 Å². The van der Waals surface area contributed by atoms with Gasteiger partial charge in [-0.2, -0.15) is 0 Å². The largest absolute Gasteiger partial charge is 0.497 e. The molecule has 0 saturated heterocycles. The molecule has 3 rings (SSSR count). The van der Waals surface area contributed by atoms with Gasteiger partial charge in [-0.25, -0.2) is 8.42 Å². The van der Waals surface area contributed by atoms with Crippen molar-refractivity contribution in [3.63, 3.8) is 0 Å². The minimum Gasteiger partial charge on any atom is -0.497 e. The molecule has 1 fully saturated rings. The van der Waals surface area contributed by atoms with Crippen molar-refractivity contribution in [3.05, 3.63) is 36.1 Å². The number of methoxy groups -OCH3 is 2. The van der Waals surface area contributed by atoms with E-state index in [9.17, 15) is 8.42 Å². The van der Waals surface area contributed by atoms with Crippen molar-refractivity contribution >= 4 is 19.7 Å². The summed E-state index contributed by atoms with van der Waals surface area (Å²) in [5, 5.41) is -0.688. The Bertz CT molecular complexity index is 592. The van der Waals surface area contributed by atoms with Crippen LogP contribution in [0, 0.1) is 17.3 Å². The summed E-state index contributed by atoms with van der Waals surface area (Å²) in [5.74, 6) is 0.420. The number of ether oxygens (including phenoxy) is 2. The molecule has 1 saturated carbocycles. The van der Waals surface area contributed by atoms with E-state index in [0.29, 0.717) is 5.76 Å². The van der Waals surface area contributed by atoms with Crippen molar-refractivity contribution in [3.8, 4) is 0 Å². The van der Waals surface area contributed by atoms with Gasteiger partial charge in [0.1, 0.15) is 5.76 Å². The number of hydrogen-bond donors (Lipinski definition) is 0. The van der Waals surface area contributed by atoms with Crippen molar-refractivity contribution in [1.82, 2.24) is 0 Å². The van der Waals surface area contributed by atoms with Gasteiger partial charge in [0.05, 0.1) is 18.5 Å². The van der Waals surface area contributed by atoms with Gasteiger partial charge in [-0.1, -0.05) is 18.2 Å². The average Bonchev–Trinajstić information content (AvgIpc) is 2.85. The quantitative estimate of drug-likeness (QED) is 0.590. The molecule has 0 heterocycles. The van der Waals surface area contributed by atoms with Crippen LogP contribution < -0.4 is 0 Å². The molecule has 1 spiro atoms. The summed E-state index contributed by atoms with van der Waals surface area (Å²) in [4.78, 5) is 0. The van der Waals surface area contributed by atoms with Crippen LogP contribution in [0.2, 0.25) is 0 Å². The molecule has 6 heteroatoms. The summed E-state index contributed by atoms with van der Waals surface area (Å²) in [6.07, 6.45) is 9.34. The smallest absolute Gasteiger partial charge is 0.237 e. The highest BCUT2D eigenvalue weighted by Gasteiger charge is 2.65. The summed E-state index contributed by atoms with van der Waals surface area (Å²) in [7, 11) is 5.15. The lowest BCUT2D eigenvalue weighted by molar-refractivity contribution is 0.0514. The molecule has 0 aromatic rings. The molecule has 104 valence electrons. The Kier molecular flexibility index (Phi) is 2.86. The number of allylic oxidation sites excluding steroid dienone is 3. The maximum Gasteiger partial charge on any atom is 0.237 e. The Morgan fingerprint density at radius 1 is 1.32 bits per heavy atom. The maximum absolute atomic E-state index is 12.0. The molecule has 0 aromatic heterocycles. The summed E-state index contributed by atoms with van der Waals surface area (Å²) in [6, 6.07) is 0. The van der Waals surface area contributed by atoms with Crippen LogP contribution in [-0.2, 0) is 18.5 Å². The van der Waals surface area contributed by atoms with Crippen molar-refractivity contribution in [2.75, 3.05) is 14.2 Å². The molecule has 0 N–H and O–H groups in total. The van der Waals surface area contributed by atoms with Gasteiger partial charge >= 0.3 is 0 Å². The van der Waals surface area contributed by atoms with E-state index in [-0.39, 0.29) is 17.9 Å². The standard InChI is InChI=1S/C13H15ClO4S/c1-17-8-3-4-10-11(18-2)9-5-6-13(10,7-8)12(9)19(14,15)16/h3-7,9-12H,1-2H3. The fourth-order valence-corrected chi connectivity index (χ4v) is 6.00. The fourth-order valence-electron chi connectivity index (χ4n) is 3.77. The second-order valence-electron chi connectivity index (χ2n) is 5.17. The summed E-state index contributed by atoms with van der Waals surface area (Å²) in [6.45, 7) is 0. The Balaban J connectivity index is 2.17. The van der Waals surface area contributed by atoms with Crippen LogP contribution in [0.1, 0.15) is 0 Å². The maximum atomic E-state index is 12.0. The third kappa shape index (κ3) is 1.65. The predicted molar refractivity (Wildman–Crippen MR) is 72.1 cm³/mol. The number of fused-ring (bicyclic) bond motifs is 1. The highest BCUT2D eigenvalue weighted by molar-refractivity contribution is 8.14. The van der Waals surface area contributed by atoms with Crippen LogP contribution in [0.3, 0.4) is 0 Å². The Morgan fingerprint density at radius 2 is 2.05 bits per heavy atom. The van der Waals surface area contributed by atoms with E-state index in [2.05, 4.69) is 0 Å². The molecular formula is C13H15ClO4S.